The quantitative estimate of drug-likeness (QED) is 0.470. The van der Waals surface area contributed by atoms with Crippen molar-refractivity contribution in [3.05, 3.63) is 35.2 Å². The van der Waals surface area contributed by atoms with Crippen LogP contribution in [-0.4, -0.2) is 51.3 Å². The molecule has 1 heterocycles. The third-order valence-electron chi connectivity index (χ3n) is 4.24. The van der Waals surface area contributed by atoms with Gasteiger partial charge in [0.05, 0.1) is 25.1 Å². The van der Waals surface area contributed by atoms with Gasteiger partial charge in [-0.15, -0.1) is 0 Å². The number of H-pyrrole nitrogens is 1. The van der Waals surface area contributed by atoms with E-state index in [0.29, 0.717) is 35.9 Å². The Morgan fingerprint density at radius 1 is 1.21 bits per heavy atom. The molecule has 0 bridgehead atoms. The average Bonchev–Trinajstić information content (AvgIpc) is 3.03. The number of hydrogen-bond donors (Lipinski definition) is 3. The molecule has 0 atom stereocenters. The van der Waals surface area contributed by atoms with Crippen molar-refractivity contribution in [1.82, 2.24) is 20.2 Å². The lowest BCUT2D eigenvalue weighted by Crippen LogP contribution is -2.35. The first-order chi connectivity index (χ1) is 13.8. The van der Waals surface area contributed by atoms with Crippen LogP contribution in [0.15, 0.2) is 23.1 Å². The van der Waals surface area contributed by atoms with Crippen LogP contribution in [0.1, 0.15) is 30.3 Å². The first kappa shape index (κ1) is 22.7. The summed E-state index contributed by atoms with van der Waals surface area (Å²) < 4.78 is 37.9. The summed E-state index contributed by atoms with van der Waals surface area (Å²) in [4.78, 5) is 12.2. The van der Waals surface area contributed by atoms with Crippen LogP contribution in [-0.2, 0) is 21.2 Å². The summed E-state index contributed by atoms with van der Waals surface area (Å²) in [6, 6.07) is 5.57. The van der Waals surface area contributed by atoms with Gasteiger partial charge >= 0.3 is 0 Å². The lowest BCUT2D eigenvalue weighted by molar-refractivity contribution is -0.121. The Kier molecular flexibility index (Phi) is 8.03. The summed E-state index contributed by atoms with van der Waals surface area (Å²) in [6.45, 7) is 5.99. The molecule has 0 saturated heterocycles. The number of nitrogens with zero attached hydrogens (tertiary/aromatic N) is 1. The van der Waals surface area contributed by atoms with E-state index in [1.165, 1.54) is 0 Å². The van der Waals surface area contributed by atoms with Crippen LogP contribution in [0, 0.1) is 13.8 Å². The Balaban J connectivity index is 1.78. The molecule has 1 amide bonds. The van der Waals surface area contributed by atoms with E-state index in [-0.39, 0.29) is 30.3 Å². The van der Waals surface area contributed by atoms with E-state index in [2.05, 4.69) is 20.2 Å². The molecular formula is C19H28N4O5S. The van der Waals surface area contributed by atoms with Crippen LogP contribution in [0.25, 0.3) is 0 Å². The van der Waals surface area contributed by atoms with Gasteiger partial charge in [-0.3, -0.25) is 9.89 Å². The number of ether oxygens (including phenoxy) is 2. The smallest absolute Gasteiger partial charge is 0.244 e. The molecule has 10 heteroatoms. The Hall–Kier alpha value is -2.59. The lowest BCUT2D eigenvalue weighted by atomic mass is 10.1. The lowest BCUT2D eigenvalue weighted by Gasteiger charge is -2.11. The predicted octanol–water partition coefficient (Wildman–Crippen LogP) is 1.46. The van der Waals surface area contributed by atoms with Gasteiger partial charge in [-0.1, -0.05) is 6.07 Å². The zero-order valence-electron chi connectivity index (χ0n) is 17.2. The molecule has 0 fully saturated rings. The average molecular weight is 425 g/mol. The number of carbonyl (C=O) groups excluding carboxylic acids is 1. The van der Waals surface area contributed by atoms with E-state index in [4.69, 9.17) is 9.47 Å². The first-order valence-corrected chi connectivity index (χ1v) is 10.8. The maximum atomic E-state index is 12.3. The molecule has 160 valence electrons. The number of hydrogen-bond acceptors (Lipinski definition) is 6. The molecule has 0 aliphatic rings. The highest BCUT2D eigenvalue weighted by Crippen LogP contribution is 2.28. The second-order valence-corrected chi connectivity index (χ2v) is 8.13. The van der Waals surface area contributed by atoms with Crippen molar-refractivity contribution >= 4 is 15.9 Å². The fourth-order valence-electron chi connectivity index (χ4n) is 2.88. The standard InChI is InChI=1S/C19H28N4O5S/c1-5-28-16-8-6-15(12-17(16)27-4)7-9-18(24)20-10-11-21-29(25,26)19-13(2)22-23-14(19)3/h6,8,12,21H,5,7,9-11H2,1-4H3,(H,20,24)(H,22,23). The molecule has 0 unspecified atom stereocenters. The van der Waals surface area contributed by atoms with Crippen LogP contribution >= 0.6 is 0 Å². The molecule has 1 aromatic heterocycles. The minimum atomic E-state index is -3.67. The van der Waals surface area contributed by atoms with Gasteiger partial charge in [-0.05, 0) is 44.9 Å². The third-order valence-corrected chi connectivity index (χ3v) is 5.96. The number of benzene rings is 1. The van der Waals surface area contributed by atoms with Crippen LogP contribution in [0.4, 0.5) is 0 Å². The highest BCUT2D eigenvalue weighted by molar-refractivity contribution is 7.89. The monoisotopic (exact) mass is 424 g/mol. The summed E-state index contributed by atoms with van der Waals surface area (Å²) >= 11 is 0. The van der Waals surface area contributed by atoms with Crippen molar-refractivity contribution in [3.8, 4) is 11.5 Å². The summed E-state index contributed by atoms with van der Waals surface area (Å²) in [5.41, 5.74) is 1.83. The van der Waals surface area contributed by atoms with Crippen molar-refractivity contribution in [1.29, 1.82) is 0 Å². The number of aromatic amines is 1. The van der Waals surface area contributed by atoms with Crippen LogP contribution < -0.4 is 19.5 Å². The molecule has 0 spiro atoms. The van der Waals surface area contributed by atoms with Crippen molar-refractivity contribution < 1.29 is 22.7 Å². The highest BCUT2D eigenvalue weighted by atomic mass is 32.2. The fraction of sp³-hybridized carbons (Fsp3) is 0.474. The predicted molar refractivity (Wildman–Crippen MR) is 109 cm³/mol. The normalized spacial score (nSPS) is 11.3. The number of rotatable bonds is 11. The Labute approximate surface area is 171 Å². The van der Waals surface area contributed by atoms with E-state index < -0.39 is 10.0 Å². The van der Waals surface area contributed by atoms with Crippen molar-refractivity contribution in [2.75, 3.05) is 26.8 Å². The fourth-order valence-corrected chi connectivity index (χ4v) is 4.28. The maximum Gasteiger partial charge on any atom is 0.244 e. The molecule has 9 nitrogen and oxygen atoms in total. The van der Waals surface area contributed by atoms with Gasteiger partial charge in [-0.2, -0.15) is 5.10 Å². The minimum absolute atomic E-state index is 0.0923. The van der Waals surface area contributed by atoms with Crippen molar-refractivity contribution in [2.45, 2.75) is 38.5 Å². The van der Waals surface area contributed by atoms with Gasteiger partial charge in [-0.25, -0.2) is 13.1 Å². The molecule has 0 aliphatic carbocycles. The number of carbonyl (C=O) groups is 1. The summed E-state index contributed by atoms with van der Waals surface area (Å²) in [6.07, 6.45) is 0.817. The molecule has 0 aliphatic heterocycles. The molecule has 3 N–H and O–H groups in total. The number of aromatic nitrogens is 2. The number of aryl methyl sites for hydroxylation is 3. The maximum absolute atomic E-state index is 12.3. The van der Waals surface area contributed by atoms with E-state index in [1.54, 1.807) is 21.0 Å². The summed E-state index contributed by atoms with van der Waals surface area (Å²) in [7, 11) is -2.10. The van der Waals surface area contributed by atoms with Gasteiger partial charge in [0.15, 0.2) is 11.5 Å². The van der Waals surface area contributed by atoms with E-state index in [1.807, 2.05) is 25.1 Å². The molecule has 2 aromatic rings. The molecule has 29 heavy (non-hydrogen) atoms. The Morgan fingerprint density at radius 2 is 1.97 bits per heavy atom. The molecule has 1 aromatic carbocycles. The van der Waals surface area contributed by atoms with Crippen molar-refractivity contribution in [3.63, 3.8) is 0 Å². The molecule has 0 radical (unpaired) electrons. The van der Waals surface area contributed by atoms with E-state index in [9.17, 15) is 13.2 Å². The van der Waals surface area contributed by atoms with Gasteiger partial charge in [0.2, 0.25) is 15.9 Å². The zero-order valence-corrected chi connectivity index (χ0v) is 18.0. The van der Waals surface area contributed by atoms with Crippen molar-refractivity contribution in [2.24, 2.45) is 0 Å². The van der Waals surface area contributed by atoms with Gasteiger partial charge in [0.1, 0.15) is 4.90 Å². The molecule has 0 saturated carbocycles. The topological polar surface area (TPSA) is 122 Å². The zero-order chi connectivity index (χ0) is 21.4. The summed E-state index contributed by atoms with van der Waals surface area (Å²) in [5.74, 6) is 1.13. The SMILES string of the molecule is CCOc1ccc(CCC(=O)NCCNS(=O)(=O)c2c(C)n[nH]c2C)cc1OC. The van der Waals surface area contributed by atoms with E-state index in [0.717, 1.165) is 5.56 Å². The van der Waals surface area contributed by atoms with Crippen LogP contribution in [0.5, 0.6) is 11.5 Å². The highest BCUT2D eigenvalue weighted by Gasteiger charge is 2.21. The van der Waals surface area contributed by atoms with Gasteiger partial charge in [0.25, 0.3) is 0 Å². The Bertz CT molecular complexity index is 921. The summed E-state index contributed by atoms with van der Waals surface area (Å²) in [5, 5.41) is 9.25. The number of nitrogens with one attached hydrogen (secondary N) is 3. The number of methoxy groups -OCH3 is 1. The van der Waals surface area contributed by atoms with Gasteiger partial charge in [0, 0.05) is 19.5 Å². The number of amides is 1. The Morgan fingerprint density at radius 3 is 2.59 bits per heavy atom. The second kappa shape index (κ2) is 10.3. The number of sulfonamides is 1. The van der Waals surface area contributed by atoms with Crippen LogP contribution in [0.3, 0.4) is 0 Å². The minimum Gasteiger partial charge on any atom is -0.493 e. The third kappa shape index (κ3) is 6.20. The van der Waals surface area contributed by atoms with E-state index >= 15 is 0 Å². The second-order valence-electron chi connectivity index (χ2n) is 6.43. The first-order valence-electron chi connectivity index (χ1n) is 9.36. The largest absolute Gasteiger partial charge is 0.493 e. The van der Waals surface area contributed by atoms with Gasteiger partial charge < -0.3 is 14.8 Å². The van der Waals surface area contributed by atoms with Crippen LogP contribution in [0.2, 0.25) is 0 Å². The molecular weight excluding hydrogens is 396 g/mol. The molecule has 2 rings (SSSR count).